The highest BCUT2D eigenvalue weighted by atomic mass is 16.5. The number of methoxy groups -OCH3 is 1. The number of ether oxygens (including phenoxy) is 1. The highest BCUT2D eigenvalue weighted by molar-refractivity contribution is 5.81. The molecule has 0 saturated heterocycles. The fraction of sp³-hybridized carbons (Fsp3) is 0.778. The van der Waals surface area contributed by atoms with Crippen LogP contribution in [-0.2, 0) is 14.3 Å². The molecule has 0 saturated carbocycles. The van der Waals surface area contributed by atoms with E-state index in [1.165, 1.54) is 0 Å². The lowest BCUT2D eigenvalue weighted by Crippen LogP contribution is -2.41. The molecule has 4 N–H and O–H groups in total. The number of nitrogens with one attached hydrogen (secondary N) is 1. The van der Waals surface area contributed by atoms with E-state index in [-0.39, 0.29) is 18.9 Å². The van der Waals surface area contributed by atoms with Crippen LogP contribution in [0, 0.1) is 0 Å². The van der Waals surface area contributed by atoms with E-state index in [2.05, 4.69) is 5.32 Å². The van der Waals surface area contributed by atoms with Gasteiger partial charge in [0.05, 0.1) is 12.5 Å². The number of carboxylic acids is 1. The molecule has 1 unspecified atom stereocenters. The molecule has 0 aliphatic rings. The Kier molecular flexibility index (Phi) is 7.57. The van der Waals surface area contributed by atoms with E-state index in [0.717, 1.165) is 0 Å². The van der Waals surface area contributed by atoms with Crippen molar-refractivity contribution in [1.29, 1.82) is 0 Å². The van der Waals surface area contributed by atoms with Crippen LogP contribution in [0.2, 0.25) is 0 Å². The molecule has 88 valence electrons. The van der Waals surface area contributed by atoms with Crippen molar-refractivity contribution < 1.29 is 19.4 Å². The number of nitrogens with two attached hydrogens (primary N) is 1. The summed E-state index contributed by atoms with van der Waals surface area (Å²) in [5, 5.41) is 10.8. The maximum absolute atomic E-state index is 11.2. The minimum absolute atomic E-state index is 0.0868. The van der Waals surface area contributed by atoms with Crippen LogP contribution in [0.15, 0.2) is 0 Å². The summed E-state index contributed by atoms with van der Waals surface area (Å²) in [6.45, 7) is 0.683. The molecular weight excluding hydrogens is 200 g/mol. The van der Waals surface area contributed by atoms with Gasteiger partial charge in [0.2, 0.25) is 5.91 Å². The molecule has 0 bridgehead atoms. The molecule has 0 aromatic heterocycles. The molecular formula is C9H18N2O4. The Hall–Kier alpha value is -1.14. The summed E-state index contributed by atoms with van der Waals surface area (Å²) in [5.74, 6) is -1.25. The first-order valence-corrected chi connectivity index (χ1v) is 4.82. The number of rotatable bonds is 8. The quantitative estimate of drug-likeness (QED) is 0.469. The fourth-order valence-corrected chi connectivity index (χ4v) is 1.00. The van der Waals surface area contributed by atoms with E-state index >= 15 is 0 Å². The molecule has 1 atom stereocenters. The molecule has 6 nitrogen and oxygen atoms in total. The second-order valence-electron chi connectivity index (χ2n) is 3.18. The van der Waals surface area contributed by atoms with Gasteiger partial charge in [-0.3, -0.25) is 9.59 Å². The van der Waals surface area contributed by atoms with Gasteiger partial charge >= 0.3 is 5.97 Å². The number of hydrogen-bond donors (Lipinski definition) is 3. The number of aliphatic carboxylic acids is 1. The molecule has 6 heteroatoms. The van der Waals surface area contributed by atoms with Crippen LogP contribution in [0.5, 0.6) is 0 Å². The van der Waals surface area contributed by atoms with Crippen LogP contribution in [-0.4, -0.2) is 43.3 Å². The summed E-state index contributed by atoms with van der Waals surface area (Å²) in [5.41, 5.74) is 5.56. The smallest absolute Gasteiger partial charge is 0.305 e. The van der Waals surface area contributed by atoms with Gasteiger partial charge in [-0.2, -0.15) is 0 Å². The predicted molar refractivity (Wildman–Crippen MR) is 54.3 cm³/mol. The zero-order chi connectivity index (χ0) is 11.7. The van der Waals surface area contributed by atoms with Gasteiger partial charge in [0, 0.05) is 20.3 Å². The van der Waals surface area contributed by atoms with Crippen LogP contribution in [0.1, 0.15) is 19.3 Å². The van der Waals surface area contributed by atoms with Gasteiger partial charge < -0.3 is 20.9 Å². The standard InChI is InChI=1S/C9H18N2O4/c1-15-6-2-3-7(10)9(14)11-5-4-8(12)13/h7H,2-6,10H2,1H3,(H,11,14)(H,12,13). The molecule has 0 heterocycles. The van der Waals surface area contributed by atoms with Crippen LogP contribution in [0.3, 0.4) is 0 Å². The summed E-state index contributed by atoms with van der Waals surface area (Å²) >= 11 is 0. The molecule has 1 amide bonds. The number of amides is 1. The van der Waals surface area contributed by atoms with Crippen molar-refractivity contribution in [2.45, 2.75) is 25.3 Å². The summed E-state index contributed by atoms with van der Waals surface area (Å²) in [6, 6.07) is -0.589. The molecule has 15 heavy (non-hydrogen) atoms. The molecule has 0 radical (unpaired) electrons. The minimum atomic E-state index is -0.941. The van der Waals surface area contributed by atoms with Gasteiger partial charge in [-0.1, -0.05) is 0 Å². The first-order valence-electron chi connectivity index (χ1n) is 4.82. The third-order valence-electron chi connectivity index (χ3n) is 1.84. The van der Waals surface area contributed by atoms with E-state index in [9.17, 15) is 9.59 Å². The predicted octanol–water partition coefficient (Wildman–Crippen LogP) is -0.669. The first kappa shape index (κ1) is 13.9. The first-order chi connectivity index (χ1) is 7.07. The third-order valence-corrected chi connectivity index (χ3v) is 1.84. The molecule has 0 aromatic rings. The van der Waals surface area contributed by atoms with E-state index in [4.69, 9.17) is 15.6 Å². The van der Waals surface area contributed by atoms with Gasteiger partial charge in [0.1, 0.15) is 0 Å². The topological polar surface area (TPSA) is 102 Å². The lowest BCUT2D eigenvalue weighted by molar-refractivity contribution is -0.136. The van der Waals surface area contributed by atoms with Crippen molar-refractivity contribution in [2.24, 2.45) is 5.73 Å². The highest BCUT2D eigenvalue weighted by Crippen LogP contribution is 1.94. The lowest BCUT2D eigenvalue weighted by atomic mass is 10.1. The number of hydrogen-bond acceptors (Lipinski definition) is 4. The van der Waals surface area contributed by atoms with Crippen LogP contribution in [0.4, 0.5) is 0 Å². The number of carbonyl (C=O) groups is 2. The lowest BCUT2D eigenvalue weighted by Gasteiger charge is -2.10. The normalized spacial score (nSPS) is 12.1. The summed E-state index contributed by atoms with van der Waals surface area (Å²) in [6.07, 6.45) is 1.16. The van der Waals surface area contributed by atoms with E-state index in [1.807, 2.05) is 0 Å². The zero-order valence-corrected chi connectivity index (χ0v) is 8.86. The Labute approximate surface area is 88.8 Å². The zero-order valence-electron chi connectivity index (χ0n) is 8.86. The Balaban J connectivity index is 3.55. The molecule has 0 aliphatic carbocycles. The maximum Gasteiger partial charge on any atom is 0.305 e. The Morgan fingerprint density at radius 3 is 2.73 bits per heavy atom. The maximum atomic E-state index is 11.2. The number of carboxylic acid groups (broad SMARTS) is 1. The van der Waals surface area contributed by atoms with Gasteiger partial charge in [0.25, 0.3) is 0 Å². The number of carbonyl (C=O) groups excluding carboxylic acids is 1. The van der Waals surface area contributed by atoms with Crippen molar-refractivity contribution in [1.82, 2.24) is 5.32 Å². The molecule has 0 fully saturated rings. The molecule has 0 spiro atoms. The van der Waals surface area contributed by atoms with Crippen molar-refractivity contribution in [3.63, 3.8) is 0 Å². The average molecular weight is 218 g/mol. The van der Waals surface area contributed by atoms with E-state index in [0.29, 0.717) is 19.4 Å². The largest absolute Gasteiger partial charge is 0.481 e. The van der Waals surface area contributed by atoms with Gasteiger partial charge in [0.15, 0.2) is 0 Å². The summed E-state index contributed by atoms with van der Waals surface area (Å²) in [7, 11) is 1.58. The summed E-state index contributed by atoms with van der Waals surface area (Å²) in [4.78, 5) is 21.4. The molecule has 0 rings (SSSR count). The highest BCUT2D eigenvalue weighted by Gasteiger charge is 2.12. The van der Waals surface area contributed by atoms with Gasteiger partial charge in [-0.25, -0.2) is 0 Å². The Morgan fingerprint density at radius 1 is 1.53 bits per heavy atom. The monoisotopic (exact) mass is 218 g/mol. The Bertz CT molecular complexity index is 208. The van der Waals surface area contributed by atoms with Crippen molar-refractivity contribution >= 4 is 11.9 Å². The third kappa shape index (κ3) is 7.90. The molecule has 0 aromatic carbocycles. The van der Waals surface area contributed by atoms with Crippen LogP contribution in [0.25, 0.3) is 0 Å². The second-order valence-corrected chi connectivity index (χ2v) is 3.18. The summed E-state index contributed by atoms with van der Waals surface area (Å²) < 4.78 is 4.82. The van der Waals surface area contributed by atoms with Crippen molar-refractivity contribution in [2.75, 3.05) is 20.3 Å². The Morgan fingerprint density at radius 2 is 2.20 bits per heavy atom. The van der Waals surface area contributed by atoms with Gasteiger partial charge in [-0.05, 0) is 12.8 Å². The van der Waals surface area contributed by atoms with E-state index in [1.54, 1.807) is 7.11 Å². The van der Waals surface area contributed by atoms with Crippen molar-refractivity contribution in [3.05, 3.63) is 0 Å². The van der Waals surface area contributed by atoms with Crippen molar-refractivity contribution in [3.8, 4) is 0 Å². The minimum Gasteiger partial charge on any atom is -0.481 e. The SMILES string of the molecule is COCCCC(N)C(=O)NCCC(=O)O. The van der Waals surface area contributed by atoms with Gasteiger partial charge in [-0.15, -0.1) is 0 Å². The van der Waals surface area contributed by atoms with E-state index < -0.39 is 12.0 Å². The molecule has 0 aliphatic heterocycles. The van der Waals surface area contributed by atoms with Crippen LogP contribution >= 0.6 is 0 Å². The second kappa shape index (κ2) is 8.19. The fourth-order valence-electron chi connectivity index (χ4n) is 1.00. The average Bonchev–Trinajstić information content (AvgIpc) is 2.17. The van der Waals surface area contributed by atoms with Crippen LogP contribution < -0.4 is 11.1 Å².